The summed E-state index contributed by atoms with van der Waals surface area (Å²) in [4.78, 5) is 15.3. The van der Waals surface area contributed by atoms with Gasteiger partial charge in [-0.25, -0.2) is 13.6 Å². The van der Waals surface area contributed by atoms with Gasteiger partial charge in [0.25, 0.3) is 0 Å². The smallest absolute Gasteiger partial charge is 0.341 e. The first-order valence-electron chi connectivity index (χ1n) is 5.13. The van der Waals surface area contributed by atoms with Crippen molar-refractivity contribution in [1.29, 1.82) is 0 Å². The van der Waals surface area contributed by atoms with Crippen molar-refractivity contribution in [2.75, 3.05) is 19.5 Å². The predicted molar refractivity (Wildman–Crippen MR) is 62.5 cm³/mol. The Bertz CT molecular complexity index is 629. The van der Waals surface area contributed by atoms with Gasteiger partial charge in [0.15, 0.2) is 11.6 Å². The Kier molecular flexibility index (Phi) is 3.10. The van der Waals surface area contributed by atoms with E-state index in [0.717, 1.165) is 12.3 Å². The number of esters is 1. The summed E-state index contributed by atoms with van der Waals surface area (Å²) in [6, 6.07) is 2.35. The van der Waals surface area contributed by atoms with E-state index in [1.807, 2.05) is 0 Å². The summed E-state index contributed by atoms with van der Waals surface area (Å²) in [5, 5.41) is 3.09. The van der Waals surface area contributed by atoms with Crippen molar-refractivity contribution in [3.05, 3.63) is 35.5 Å². The van der Waals surface area contributed by atoms with Crippen molar-refractivity contribution in [1.82, 2.24) is 4.98 Å². The normalized spacial score (nSPS) is 10.4. The van der Waals surface area contributed by atoms with Crippen LogP contribution < -0.4 is 5.32 Å². The van der Waals surface area contributed by atoms with Crippen LogP contribution in [0.3, 0.4) is 0 Å². The third-order valence-corrected chi connectivity index (χ3v) is 2.59. The van der Waals surface area contributed by atoms with Gasteiger partial charge in [-0.15, -0.1) is 0 Å². The number of rotatable bonds is 2. The molecule has 0 aliphatic rings. The third kappa shape index (κ3) is 1.75. The number of hydrogen-bond donors (Lipinski definition) is 1. The molecule has 0 aliphatic carbocycles. The second-order valence-electron chi connectivity index (χ2n) is 3.55. The maximum absolute atomic E-state index is 13.5. The van der Waals surface area contributed by atoms with Crippen LogP contribution in [0.15, 0.2) is 18.3 Å². The number of nitrogens with one attached hydrogen (secondary N) is 1. The number of pyridine rings is 1. The molecular formula is C12H10F2N2O2. The summed E-state index contributed by atoms with van der Waals surface area (Å²) in [6.45, 7) is 0. The molecule has 0 saturated heterocycles. The maximum atomic E-state index is 13.5. The molecule has 0 saturated carbocycles. The number of carbonyl (C=O) groups excluding carboxylic acids is 1. The fourth-order valence-corrected chi connectivity index (χ4v) is 1.74. The summed E-state index contributed by atoms with van der Waals surface area (Å²) in [5.41, 5.74) is 0.385. The van der Waals surface area contributed by atoms with Crippen LogP contribution in [-0.2, 0) is 4.74 Å². The Morgan fingerprint density at radius 2 is 2.11 bits per heavy atom. The minimum Gasteiger partial charge on any atom is -0.465 e. The molecule has 1 aromatic heterocycles. The van der Waals surface area contributed by atoms with Gasteiger partial charge in [-0.3, -0.25) is 4.98 Å². The highest BCUT2D eigenvalue weighted by Crippen LogP contribution is 2.28. The molecule has 2 aromatic rings. The molecule has 0 bridgehead atoms. The van der Waals surface area contributed by atoms with Crippen LogP contribution in [-0.4, -0.2) is 25.1 Å². The second-order valence-corrected chi connectivity index (χ2v) is 3.55. The molecule has 1 aromatic carbocycles. The lowest BCUT2D eigenvalue weighted by molar-refractivity contribution is 0.0601. The van der Waals surface area contributed by atoms with Crippen LogP contribution in [0, 0.1) is 11.6 Å². The Morgan fingerprint density at radius 3 is 2.72 bits per heavy atom. The Balaban J connectivity index is 2.81. The van der Waals surface area contributed by atoms with Crippen molar-refractivity contribution < 1.29 is 18.3 Å². The van der Waals surface area contributed by atoms with Gasteiger partial charge in [0.05, 0.1) is 12.8 Å². The number of methoxy groups -OCH3 is 1. The number of ether oxygens (including phenoxy) is 1. The largest absolute Gasteiger partial charge is 0.465 e. The van der Waals surface area contributed by atoms with Gasteiger partial charge in [-0.1, -0.05) is 0 Å². The second kappa shape index (κ2) is 4.56. The van der Waals surface area contributed by atoms with E-state index in [2.05, 4.69) is 15.0 Å². The van der Waals surface area contributed by atoms with Crippen LogP contribution in [0.5, 0.6) is 0 Å². The average Bonchev–Trinajstić information content (AvgIpc) is 2.40. The van der Waals surface area contributed by atoms with Gasteiger partial charge < -0.3 is 10.1 Å². The zero-order valence-corrected chi connectivity index (χ0v) is 9.75. The molecule has 0 amide bonds. The molecular weight excluding hydrogens is 242 g/mol. The fraction of sp³-hybridized carbons (Fsp3) is 0.167. The fourth-order valence-electron chi connectivity index (χ4n) is 1.74. The number of aromatic nitrogens is 1. The molecule has 0 unspecified atom stereocenters. The lowest BCUT2D eigenvalue weighted by Crippen LogP contribution is -2.07. The lowest BCUT2D eigenvalue weighted by atomic mass is 10.1. The lowest BCUT2D eigenvalue weighted by Gasteiger charge is -2.10. The molecule has 94 valence electrons. The van der Waals surface area contributed by atoms with Gasteiger partial charge in [0.1, 0.15) is 11.1 Å². The van der Waals surface area contributed by atoms with E-state index >= 15 is 0 Å². The van der Waals surface area contributed by atoms with E-state index in [-0.39, 0.29) is 11.1 Å². The number of anilines is 1. The summed E-state index contributed by atoms with van der Waals surface area (Å²) in [7, 11) is 2.81. The minimum atomic E-state index is -1.04. The first kappa shape index (κ1) is 12.2. The van der Waals surface area contributed by atoms with Crippen molar-refractivity contribution >= 4 is 22.6 Å². The molecule has 0 fully saturated rings. The van der Waals surface area contributed by atoms with Crippen LogP contribution in [0.4, 0.5) is 14.5 Å². The zero-order chi connectivity index (χ0) is 13.3. The van der Waals surface area contributed by atoms with E-state index < -0.39 is 17.6 Å². The summed E-state index contributed by atoms with van der Waals surface area (Å²) in [5.74, 6) is -2.62. The number of halogens is 2. The maximum Gasteiger partial charge on any atom is 0.341 e. The third-order valence-electron chi connectivity index (χ3n) is 2.59. The average molecular weight is 252 g/mol. The van der Waals surface area contributed by atoms with Crippen molar-refractivity contribution in [3.63, 3.8) is 0 Å². The van der Waals surface area contributed by atoms with Crippen molar-refractivity contribution in [2.24, 2.45) is 0 Å². The number of benzene rings is 1. The Labute approximate surface area is 102 Å². The topological polar surface area (TPSA) is 51.2 Å². The zero-order valence-electron chi connectivity index (χ0n) is 9.75. The van der Waals surface area contributed by atoms with Crippen LogP contribution in [0.25, 0.3) is 10.9 Å². The SMILES string of the molecule is CNc1c(C(=O)OC)cnc2c(F)c(F)ccc12. The molecule has 6 heteroatoms. The monoisotopic (exact) mass is 252 g/mol. The van der Waals surface area contributed by atoms with Crippen LogP contribution >= 0.6 is 0 Å². The van der Waals surface area contributed by atoms with Gasteiger partial charge in [-0.05, 0) is 12.1 Å². The first-order valence-corrected chi connectivity index (χ1v) is 5.13. The highest BCUT2D eigenvalue weighted by atomic mass is 19.2. The van der Waals surface area contributed by atoms with Gasteiger partial charge in [0.2, 0.25) is 0 Å². The van der Waals surface area contributed by atoms with Crippen LogP contribution in [0.2, 0.25) is 0 Å². The number of fused-ring (bicyclic) bond motifs is 1. The van der Waals surface area contributed by atoms with Crippen LogP contribution in [0.1, 0.15) is 10.4 Å². The summed E-state index contributed by atoms with van der Waals surface area (Å²) < 4.78 is 31.2. The molecule has 0 atom stereocenters. The number of hydrogen-bond acceptors (Lipinski definition) is 4. The van der Waals surface area contributed by atoms with Gasteiger partial charge in [0, 0.05) is 18.6 Å². The van der Waals surface area contributed by atoms with Gasteiger partial charge >= 0.3 is 5.97 Å². The quantitative estimate of drug-likeness (QED) is 0.833. The van der Waals surface area contributed by atoms with E-state index in [4.69, 9.17) is 0 Å². The number of nitrogens with zero attached hydrogens (tertiary/aromatic N) is 1. The highest BCUT2D eigenvalue weighted by Gasteiger charge is 2.18. The minimum absolute atomic E-state index is 0.132. The van der Waals surface area contributed by atoms with Gasteiger partial charge in [-0.2, -0.15) is 0 Å². The molecule has 0 spiro atoms. The molecule has 4 nitrogen and oxygen atoms in total. The number of carbonyl (C=O) groups is 1. The molecule has 0 aliphatic heterocycles. The molecule has 18 heavy (non-hydrogen) atoms. The van der Waals surface area contributed by atoms with Crippen molar-refractivity contribution in [3.8, 4) is 0 Å². The Hall–Kier alpha value is -2.24. The summed E-state index contributed by atoms with van der Waals surface area (Å²) >= 11 is 0. The van der Waals surface area contributed by atoms with Crippen molar-refractivity contribution in [2.45, 2.75) is 0 Å². The predicted octanol–water partition coefficient (Wildman–Crippen LogP) is 2.34. The van der Waals surface area contributed by atoms with E-state index in [0.29, 0.717) is 11.1 Å². The molecule has 1 heterocycles. The van der Waals surface area contributed by atoms with E-state index in [1.165, 1.54) is 13.2 Å². The highest BCUT2D eigenvalue weighted by molar-refractivity contribution is 6.04. The Morgan fingerprint density at radius 1 is 1.39 bits per heavy atom. The first-order chi connectivity index (χ1) is 8.60. The summed E-state index contributed by atoms with van der Waals surface area (Å²) in [6.07, 6.45) is 1.16. The van der Waals surface area contributed by atoms with E-state index in [1.54, 1.807) is 7.05 Å². The molecule has 0 radical (unpaired) electrons. The molecule has 2 rings (SSSR count). The van der Waals surface area contributed by atoms with E-state index in [9.17, 15) is 13.6 Å². The standard InChI is InChI=1S/C12H10F2N2O2/c1-15-10-6-3-4-8(13)9(14)11(6)16-5-7(10)12(17)18-2/h3-5H,1-2H3,(H,15,16). The molecule has 1 N–H and O–H groups in total.